The van der Waals surface area contributed by atoms with Gasteiger partial charge in [-0.05, 0) is 71.3 Å². The predicted octanol–water partition coefficient (Wildman–Crippen LogP) is 6.27. The molecule has 1 aliphatic carbocycles. The lowest BCUT2D eigenvalue weighted by Gasteiger charge is -2.44. The third kappa shape index (κ3) is 8.31. The van der Waals surface area contributed by atoms with Crippen LogP contribution in [0.4, 0.5) is 13.2 Å². The van der Waals surface area contributed by atoms with Crippen molar-refractivity contribution < 1.29 is 17.9 Å². The summed E-state index contributed by atoms with van der Waals surface area (Å²) in [6.45, 7) is 10.5. The average Bonchev–Trinajstić information content (AvgIpc) is 2.71. The summed E-state index contributed by atoms with van der Waals surface area (Å²) >= 11 is 0. The fourth-order valence-corrected chi connectivity index (χ4v) is 5.24. The zero-order valence-electron chi connectivity index (χ0n) is 19.7. The van der Waals surface area contributed by atoms with Crippen LogP contribution < -0.4 is 0 Å². The summed E-state index contributed by atoms with van der Waals surface area (Å²) in [4.78, 5) is 3.70. The Balaban J connectivity index is 1.64. The summed E-state index contributed by atoms with van der Waals surface area (Å²) in [6, 6.07) is -1.32. The maximum atomic E-state index is 13.6. The molecule has 0 N–H and O–H groups in total. The third-order valence-electron chi connectivity index (χ3n) is 7.29. The molecule has 1 aliphatic heterocycles. The lowest BCUT2D eigenvalue weighted by molar-refractivity contribution is -0.203. The Morgan fingerprint density at radius 1 is 1.00 bits per heavy atom. The molecule has 1 saturated carbocycles. The number of alkyl halides is 3. The van der Waals surface area contributed by atoms with E-state index in [0.29, 0.717) is 18.8 Å². The molecular formula is C24H45F3N2O. The Hall–Kier alpha value is -0.330. The summed E-state index contributed by atoms with van der Waals surface area (Å²) in [6.07, 6.45) is 7.92. The standard InChI is InChI=1S/C24H45F3N2O/c1-5-9-20(4)30-22-13-11-21(12-14-22)10-7-8-15-28-16-17-29(19(3)6-2)23(18-28)24(25,26)27/h19-23H,5-18H2,1-4H3. The second kappa shape index (κ2) is 12.6. The fourth-order valence-electron chi connectivity index (χ4n) is 5.24. The number of hydrogen-bond acceptors (Lipinski definition) is 3. The van der Waals surface area contributed by atoms with Crippen molar-refractivity contribution in [1.82, 2.24) is 9.80 Å². The van der Waals surface area contributed by atoms with Crippen LogP contribution in [0.5, 0.6) is 0 Å². The smallest absolute Gasteiger partial charge is 0.375 e. The lowest BCUT2D eigenvalue weighted by Crippen LogP contribution is -2.61. The maximum Gasteiger partial charge on any atom is 0.405 e. The van der Waals surface area contributed by atoms with E-state index in [0.717, 1.165) is 44.7 Å². The first kappa shape index (κ1) is 25.9. The van der Waals surface area contributed by atoms with Gasteiger partial charge in [-0.25, -0.2) is 0 Å². The van der Waals surface area contributed by atoms with E-state index in [2.05, 4.69) is 13.8 Å². The van der Waals surface area contributed by atoms with E-state index in [9.17, 15) is 13.2 Å². The van der Waals surface area contributed by atoms with E-state index in [1.165, 1.54) is 38.5 Å². The number of halogens is 3. The Kier molecular flexibility index (Phi) is 10.9. The second-order valence-electron chi connectivity index (χ2n) is 9.73. The monoisotopic (exact) mass is 434 g/mol. The molecule has 0 bridgehead atoms. The number of rotatable bonds is 11. The van der Waals surface area contributed by atoms with Gasteiger partial charge in [0.15, 0.2) is 0 Å². The highest BCUT2D eigenvalue weighted by Gasteiger charge is 2.47. The molecule has 3 atom stereocenters. The van der Waals surface area contributed by atoms with E-state index in [-0.39, 0.29) is 12.6 Å². The van der Waals surface area contributed by atoms with Gasteiger partial charge in [-0.15, -0.1) is 0 Å². The van der Waals surface area contributed by atoms with Gasteiger partial charge >= 0.3 is 6.18 Å². The topological polar surface area (TPSA) is 15.7 Å². The van der Waals surface area contributed by atoms with Crippen LogP contribution in [0.15, 0.2) is 0 Å². The summed E-state index contributed by atoms with van der Waals surface area (Å²) < 4.78 is 46.9. The van der Waals surface area contributed by atoms with Crippen molar-refractivity contribution in [2.75, 3.05) is 26.2 Å². The average molecular weight is 435 g/mol. The van der Waals surface area contributed by atoms with Crippen molar-refractivity contribution in [3.63, 3.8) is 0 Å². The fraction of sp³-hybridized carbons (Fsp3) is 1.00. The first-order valence-electron chi connectivity index (χ1n) is 12.4. The number of hydrogen-bond donors (Lipinski definition) is 0. The van der Waals surface area contributed by atoms with Gasteiger partial charge < -0.3 is 9.64 Å². The Labute approximate surface area is 182 Å². The molecule has 0 spiro atoms. The van der Waals surface area contributed by atoms with E-state index in [1.54, 1.807) is 4.90 Å². The molecule has 178 valence electrons. The molecule has 0 aromatic carbocycles. The van der Waals surface area contributed by atoms with E-state index >= 15 is 0 Å². The lowest BCUT2D eigenvalue weighted by atomic mass is 9.84. The molecule has 0 radical (unpaired) electrons. The second-order valence-corrected chi connectivity index (χ2v) is 9.73. The SMILES string of the molecule is CCCC(C)OC1CCC(CCCCN2CCN(C(C)CC)C(C(F)(F)F)C2)CC1. The Morgan fingerprint density at radius 2 is 1.70 bits per heavy atom. The molecule has 2 fully saturated rings. The molecule has 3 nitrogen and oxygen atoms in total. The van der Waals surface area contributed by atoms with Crippen molar-refractivity contribution in [1.29, 1.82) is 0 Å². The third-order valence-corrected chi connectivity index (χ3v) is 7.29. The van der Waals surface area contributed by atoms with Gasteiger partial charge in [0.05, 0.1) is 12.2 Å². The van der Waals surface area contributed by atoms with Crippen molar-refractivity contribution in [2.45, 2.75) is 122 Å². The minimum absolute atomic E-state index is 0.0113. The molecule has 1 saturated heterocycles. The minimum Gasteiger partial charge on any atom is -0.375 e. The van der Waals surface area contributed by atoms with Gasteiger partial charge in [0, 0.05) is 25.7 Å². The first-order chi connectivity index (χ1) is 14.2. The van der Waals surface area contributed by atoms with Crippen LogP contribution in [-0.2, 0) is 4.74 Å². The van der Waals surface area contributed by atoms with Crippen LogP contribution >= 0.6 is 0 Å². The molecule has 6 heteroatoms. The van der Waals surface area contributed by atoms with Crippen molar-refractivity contribution in [3.05, 3.63) is 0 Å². The minimum atomic E-state index is -4.14. The maximum absolute atomic E-state index is 13.6. The van der Waals surface area contributed by atoms with Crippen LogP contribution in [0, 0.1) is 5.92 Å². The summed E-state index contributed by atoms with van der Waals surface area (Å²) in [5.41, 5.74) is 0. The predicted molar refractivity (Wildman–Crippen MR) is 118 cm³/mol. The Morgan fingerprint density at radius 3 is 2.30 bits per heavy atom. The van der Waals surface area contributed by atoms with Crippen LogP contribution in [0.25, 0.3) is 0 Å². The molecule has 30 heavy (non-hydrogen) atoms. The first-order valence-corrected chi connectivity index (χ1v) is 12.4. The molecule has 0 amide bonds. The summed E-state index contributed by atoms with van der Waals surface area (Å²) in [5.74, 6) is 0.775. The Bertz CT molecular complexity index is 466. The van der Waals surface area contributed by atoms with Gasteiger partial charge in [-0.3, -0.25) is 4.90 Å². The van der Waals surface area contributed by atoms with Gasteiger partial charge in [0.2, 0.25) is 0 Å². The number of unbranched alkanes of at least 4 members (excludes halogenated alkanes) is 1. The summed E-state index contributed by atoms with van der Waals surface area (Å²) in [7, 11) is 0. The molecule has 3 unspecified atom stereocenters. The van der Waals surface area contributed by atoms with Gasteiger partial charge in [0.25, 0.3) is 0 Å². The molecule has 2 rings (SSSR count). The van der Waals surface area contributed by atoms with E-state index < -0.39 is 12.2 Å². The molecule has 1 heterocycles. The molecule has 2 aliphatic rings. The summed E-state index contributed by atoms with van der Waals surface area (Å²) in [5, 5.41) is 0. The van der Waals surface area contributed by atoms with Gasteiger partial charge in [0.1, 0.15) is 6.04 Å². The van der Waals surface area contributed by atoms with Crippen molar-refractivity contribution >= 4 is 0 Å². The highest BCUT2D eigenvalue weighted by molar-refractivity contribution is 4.89. The number of nitrogens with zero attached hydrogens (tertiary/aromatic N) is 2. The van der Waals surface area contributed by atoms with Crippen LogP contribution in [0.2, 0.25) is 0 Å². The highest BCUT2D eigenvalue weighted by Crippen LogP contribution is 2.32. The van der Waals surface area contributed by atoms with Crippen molar-refractivity contribution in [2.24, 2.45) is 5.92 Å². The molecule has 0 aromatic rings. The van der Waals surface area contributed by atoms with E-state index in [4.69, 9.17) is 4.74 Å². The zero-order valence-corrected chi connectivity index (χ0v) is 19.7. The van der Waals surface area contributed by atoms with Crippen molar-refractivity contribution in [3.8, 4) is 0 Å². The normalized spacial score (nSPS) is 29.1. The van der Waals surface area contributed by atoms with Crippen LogP contribution in [0.3, 0.4) is 0 Å². The van der Waals surface area contributed by atoms with E-state index in [1.807, 2.05) is 18.7 Å². The molecular weight excluding hydrogens is 389 g/mol. The van der Waals surface area contributed by atoms with Crippen LogP contribution in [-0.4, -0.2) is 66.4 Å². The largest absolute Gasteiger partial charge is 0.405 e. The zero-order chi connectivity index (χ0) is 22.1. The van der Waals surface area contributed by atoms with Gasteiger partial charge in [-0.1, -0.05) is 33.1 Å². The van der Waals surface area contributed by atoms with Gasteiger partial charge in [-0.2, -0.15) is 13.2 Å². The van der Waals surface area contributed by atoms with Crippen LogP contribution in [0.1, 0.15) is 91.9 Å². The number of piperazine rings is 1. The highest BCUT2D eigenvalue weighted by atomic mass is 19.4. The quantitative estimate of drug-likeness (QED) is 0.357. The molecule has 0 aromatic heterocycles. The number of ether oxygens (including phenoxy) is 1.